The Morgan fingerprint density at radius 3 is 1.83 bits per heavy atom. The Labute approximate surface area is 86.1 Å². The van der Waals surface area contributed by atoms with Gasteiger partial charge in [0, 0.05) is 0 Å². The van der Waals surface area contributed by atoms with Gasteiger partial charge in [-0.15, -0.1) is 10.1 Å². The van der Waals surface area contributed by atoms with E-state index in [1.54, 1.807) is 0 Å². The molecule has 0 saturated carbocycles. The molecule has 0 radical (unpaired) electrons. The summed E-state index contributed by atoms with van der Waals surface area (Å²) in [6.45, 7) is 0. The van der Waals surface area contributed by atoms with Crippen LogP contribution in [0.3, 0.4) is 0 Å². The van der Waals surface area contributed by atoms with Crippen molar-refractivity contribution in [3.05, 3.63) is 10.1 Å². The minimum atomic E-state index is -1.50. The van der Waals surface area contributed by atoms with Crippen LogP contribution in [-0.4, -0.2) is 71.1 Å². The van der Waals surface area contributed by atoms with E-state index in [2.05, 4.69) is 0 Å². The van der Waals surface area contributed by atoms with Gasteiger partial charge in [-0.1, -0.05) is 0 Å². The number of hydrogen-bond acceptors (Lipinski definition) is 2. The summed E-state index contributed by atoms with van der Waals surface area (Å²) in [6, 6.07) is 0. The summed E-state index contributed by atoms with van der Waals surface area (Å²) in [4.78, 5) is 8.36. The minimum Gasteiger partial charge on any atom is -1.00 e. The van der Waals surface area contributed by atoms with Crippen LogP contribution in [0, 0.1) is 10.1 Å². The maximum absolute atomic E-state index is 8.36. The molecule has 0 aliphatic rings. The molecule has 0 heterocycles. The first-order chi connectivity index (χ1) is 1.73. The maximum atomic E-state index is 8.36. The smallest absolute Gasteiger partial charge is 1.00 e. The monoisotopic (exact) mass is 131 g/mol. The van der Waals surface area contributed by atoms with Crippen LogP contribution < -0.4 is 0 Å². The van der Waals surface area contributed by atoms with Gasteiger partial charge < -0.3 is 10.9 Å². The van der Waals surface area contributed by atoms with E-state index in [4.69, 9.17) is 15.3 Å². The van der Waals surface area contributed by atoms with Crippen molar-refractivity contribution in [3.63, 3.8) is 0 Å². The predicted molar refractivity (Wildman–Crippen MR) is 24.7 cm³/mol. The summed E-state index contributed by atoms with van der Waals surface area (Å²) in [5.41, 5.74) is 0. The van der Waals surface area contributed by atoms with Crippen molar-refractivity contribution in [1.29, 1.82) is 0 Å². The Bertz CT molecular complexity index is 43.5. The van der Waals surface area contributed by atoms with E-state index in [-0.39, 0.29) is 66.5 Å². The fourth-order valence-corrected chi connectivity index (χ4v) is 0. The zero-order valence-electron chi connectivity index (χ0n) is 7.13. The van der Waals surface area contributed by atoms with Crippen LogP contribution in [0.5, 0.6) is 0 Å². The van der Waals surface area contributed by atoms with Crippen molar-refractivity contribution < 1.29 is 16.0 Å². The zero-order valence-corrected chi connectivity index (χ0v) is 6.75. The molecule has 0 unspecified atom stereocenters. The van der Waals surface area contributed by atoms with E-state index in [1.165, 1.54) is 0 Å². The van der Waals surface area contributed by atoms with Gasteiger partial charge in [0.25, 0.3) is 5.09 Å². The predicted octanol–water partition coefficient (Wildman–Crippen LogP) is -0.659. The van der Waals surface area contributed by atoms with Crippen LogP contribution >= 0.6 is 0 Å². The van der Waals surface area contributed by atoms with E-state index in [1.807, 2.05) is 0 Å². The average Bonchev–Trinajstić information content (AvgIpc) is 0.811. The van der Waals surface area contributed by atoms with Crippen molar-refractivity contribution in [3.8, 4) is 0 Å². The molecule has 1 N–H and O–H groups in total. The Kier molecular flexibility index (Phi) is 24.9. The van der Waals surface area contributed by atoms with Crippen molar-refractivity contribution in [2.45, 2.75) is 0 Å². The largest absolute Gasteiger partial charge is 2.00 e. The second-order valence-electron chi connectivity index (χ2n) is 0.238. The van der Waals surface area contributed by atoms with E-state index in [0.29, 0.717) is 0 Å². The molecule has 0 rings (SSSR count). The fraction of sp³-hybridized carbons (Fsp3) is 0. The third-order valence-electron chi connectivity index (χ3n) is 0. The normalized spacial score (nSPS) is 4.00. The van der Waals surface area contributed by atoms with Crippen LogP contribution in [0.15, 0.2) is 0 Å². The first-order valence-electron chi connectivity index (χ1n) is 0.565. The molecule has 6 heteroatoms. The molecule has 0 spiro atoms. The summed E-state index contributed by atoms with van der Waals surface area (Å²) in [7, 11) is 0. The van der Waals surface area contributed by atoms with Crippen molar-refractivity contribution >= 4 is 60.8 Å². The van der Waals surface area contributed by atoms with Crippen molar-refractivity contribution in [2.24, 2.45) is 0 Å². The van der Waals surface area contributed by atoms with Crippen molar-refractivity contribution in [1.82, 2.24) is 0 Å². The van der Waals surface area contributed by atoms with Crippen LogP contribution in [0.2, 0.25) is 0 Å². The van der Waals surface area contributed by atoms with E-state index < -0.39 is 5.09 Å². The zero-order chi connectivity index (χ0) is 3.58. The summed E-state index contributed by atoms with van der Waals surface area (Å²) in [5, 5.41) is 13.6. The van der Waals surface area contributed by atoms with Gasteiger partial charge in [0.2, 0.25) is 0 Å². The third kappa shape index (κ3) is 62.1. The molecule has 0 amide bonds. The number of rotatable bonds is 0. The van der Waals surface area contributed by atoms with Gasteiger partial charge >= 0.3 is 60.8 Å². The quantitative estimate of drug-likeness (QED) is 0.270. The molecule has 6 heavy (non-hydrogen) atoms. The van der Waals surface area contributed by atoms with Crippen molar-refractivity contribution in [2.75, 3.05) is 0 Å². The molecular weight excluding hydrogens is 126 g/mol. The molecule has 0 fully saturated rings. The maximum Gasteiger partial charge on any atom is 2.00 e. The summed E-state index contributed by atoms with van der Waals surface area (Å²) >= 11 is 0. The third-order valence-corrected chi connectivity index (χ3v) is 0. The molecule has 0 bridgehead atoms. The molecular formula is H5CaMgNO3. The van der Waals surface area contributed by atoms with E-state index in [0.717, 1.165) is 0 Å². The average molecular weight is 131 g/mol. The van der Waals surface area contributed by atoms with Gasteiger partial charge in [-0.25, -0.2) is 0 Å². The molecule has 0 aliphatic carbocycles. The summed E-state index contributed by atoms with van der Waals surface area (Å²) < 4.78 is 0. The van der Waals surface area contributed by atoms with E-state index in [9.17, 15) is 0 Å². The molecule has 0 aliphatic heterocycles. The van der Waals surface area contributed by atoms with Gasteiger partial charge in [0.15, 0.2) is 0 Å². The molecule has 0 aromatic carbocycles. The van der Waals surface area contributed by atoms with Gasteiger partial charge in [-0.05, 0) is 0 Å². The summed E-state index contributed by atoms with van der Waals surface area (Å²) in [6.07, 6.45) is 0. The van der Waals surface area contributed by atoms with Gasteiger partial charge in [-0.2, -0.15) is 0 Å². The SMILES string of the molecule is O=[N+]([O-])O.[Ca+2].[H-].[H-].[H-].[H-].[Mg+2]. The van der Waals surface area contributed by atoms with Gasteiger partial charge in [0.1, 0.15) is 0 Å². The van der Waals surface area contributed by atoms with Crippen LogP contribution in [0.4, 0.5) is 0 Å². The number of nitrogens with zero attached hydrogens (tertiary/aromatic N) is 1. The topological polar surface area (TPSA) is 63.4 Å². The minimum absolute atomic E-state index is 0. The molecule has 0 aromatic heterocycles. The van der Waals surface area contributed by atoms with Gasteiger partial charge in [0.05, 0.1) is 0 Å². The van der Waals surface area contributed by atoms with Crippen LogP contribution in [-0.2, 0) is 0 Å². The number of hydrogen-bond donors (Lipinski definition) is 1. The first-order valence-corrected chi connectivity index (χ1v) is 0.565. The standard InChI is InChI=1S/Ca.Mg.HNO3.4H/c;;2-1(3)4;;;;/h;;(H,2,3,4);;;;/q2*+2;;4*-1. The Morgan fingerprint density at radius 1 is 1.83 bits per heavy atom. The fourth-order valence-electron chi connectivity index (χ4n) is 0. The molecule has 4 nitrogen and oxygen atoms in total. The Morgan fingerprint density at radius 2 is 1.83 bits per heavy atom. The summed E-state index contributed by atoms with van der Waals surface area (Å²) in [5.74, 6) is 0. The van der Waals surface area contributed by atoms with Crippen LogP contribution in [0.25, 0.3) is 0 Å². The molecule has 0 aromatic rings. The van der Waals surface area contributed by atoms with E-state index >= 15 is 0 Å². The first kappa shape index (κ1) is 15.7. The second kappa shape index (κ2) is 9.52. The molecule has 32 valence electrons. The molecule has 0 atom stereocenters. The second-order valence-corrected chi connectivity index (χ2v) is 0.238. The Balaban J connectivity index is -0.00000000300. The Hall–Kier alpha value is 1.23. The van der Waals surface area contributed by atoms with Crippen LogP contribution in [0.1, 0.15) is 5.71 Å². The van der Waals surface area contributed by atoms with Gasteiger partial charge in [-0.3, -0.25) is 0 Å². The molecule has 0 saturated heterocycles.